The van der Waals surface area contributed by atoms with Gasteiger partial charge < -0.3 is 28.8 Å². The van der Waals surface area contributed by atoms with Gasteiger partial charge in [0, 0.05) is 17.5 Å². The van der Waals surface area contributed by atoms with Crippen molar-refractivity contribution in [2.75, 3.05) is 28.4 Å². The first-order valence-corrected chi connectivity index (χ1v) is 10.9. The molecule has 0 saturated heterocycles. The molecule has 0 radical (unpaired) electrons. The predicted molar refractivity (Wildman–Crippen MR) is 126 cm³/mol. The van der Waals surface area contributed by atoms with E-state index in [0.717, 1.165) is 16.8 Å². The lowest BCUT2D eigenvalue weighted by Crippen LogP contribution is -2.34. The minimum atomic E-state index is -0.607. The molecule has 1 N–H and O–H groups in total. The summed E-state index contributed by atoms with van der Waals surface area (Å²) in [7, 11) is 6.42. The fourth-order valence-corrected chi connectivity index (χ4v) is 4.59. The van der Waals surface area contributed by atoms with Crippen molar-refractivity contribution in [2.24, 2.45) is 5.10 Å². The Morgan fingerprint density at radius 1 is 0.882 bits per heavy atom. The van der Waals surface area contributed by atoms with Crippen LogP contribution in [0.3, 0.4) is 0 Å². The van der Waals surface area contributed by atoms with Crippen LogP contribution < -0.4 is 23.7 Å². The number of para-hydroxylation sites is 2. The second-order valence-electron chi connectivity index (χ2n) is 7.96. The molecule has 0 aromatic heterocycles. The fourth-order valence-electron chi connectivity index (χ4n) is 4.59. The number of phenols is 1. The van der Waals surface area contributed by atoms with Crippen LogP contribution in [-0.2, 0) is 0 Å². The summed E-state index contributed by atoms with van der Waals surface area (Å²) >= 11 is 0. The highest BCUT2D eigenvalue weighted by atomic mass is 16.5. The van der Waals surface area contributed by atoms with Crippen molar-refractivity contribution >= 4 is 5.71 Å². The van der Waals surface area contributed by atoms with E-state index in [9.17, 15) is 5.11 Å². The third-order valence-electron chi connectivity index (χ3n) is 6.21. The zero-order valence-electron chi connectivity index (χ0n) is 19.4. The van der Waals surface area contributed by atoms with E-state index >= 15 is 0 Å². The summed E-state index contributed by atoms with van der Waals surface area (Å²) in [5.41, 5.74) is 3.07. The highest BCUT2D eigenvalue weighted by molar-refractivity contribution is 6.04. The van der Waals surface area contributed by atoms with E-state index in [1.54, 1.807) is 46.6 Å². The Morgan fingerprint density at radius 3 is 2.32 bits per heavy atom. The van der Waals surface area contributed by atoms with Crippen LogP contribution in [0.2, 0.25) is 0 Å². The van der Waals surface area contributed by atoms with E-state index in [0.29, 0.717) is 40.7 Å². The molecule has 0 spiro atoms. The van der Waals surface area contributed by atoms with Crippen molar-refractivity contribution in [1.29, 1.82) is 0 Å². The molecule has 8 heteroatoms. The molecular weight excluding hydrogens is 436 g/mol. The van der Waals surface area contributed by atoms with Crippen molar-refractivity contribution in [1.82, 2.24) is 5.01 Å². The average molecular weight is 463 g/mol. The number of hydrogen-bond acceptors (Lipinski definition) is 8. The van der Waals surface area contributed by atoms with Crippen LogP contribution in [0.15, 0.2) is 59.7 Å². The predicted octanol–water partition coefficient (Wildman–Crippen LogP) is 4.67. The Hall–Kier alpha value is -4.07. The summed E-state index contributed by atoms with van der Waals surface area (Å²) in [4.78, 5) is 0. The first-order chi connectivity index (χ1) is 16.6. The van der Waals surface area contributed by atoms with Gasteiger partial charge in [-0.1, -0.05) is 18.2 Å². The second kappa shape index (κ2) is 8.70. The van der Waals surface area contributed by atoms with Crippen molar-refractivity contribution in [3.8, 4) is 34.5 Å². The zero-order chi connectivity index (χ0) is 23.8. The molecule has 0 fully saturated rings. The van der Waals surface area contributed by atoms with Gasteiger partial charge >= 0.3 is 0 Å². The lowest BCUT2D eigenvalue weighted by Gasteiger charge is -2.39. The number of benzene rings is 3. The van der Waals surface area contributed by atoms with Crippen LogP contribution in [0.25, 0.3) is 0 Å². The standard InChI is InChI=1S/C26H26N2O6/c1-30-15-11-12-21(29)18(13-15)19-14-20-16-7-5-10-23(32-3)25(16)34-26(28(20)27-19)17-8-6-9-22(31-2)24(17)33-4/h5-13,20,26,29H,14H2,1-4H3/t20-,26+/m1/s1. The summed E-state index contributed by atoms with van der Waals surface area (Å²) in [6.45, 7) is 0. The molecule has 2 heterocycles. The minimum Gasteiger partial charge on any atom is -0.507 e. The third-order valence-corrected chi connectivity index (χ3v) is 6.21. The summed E-state index contributed by atoms with van der Waals surface area (Å²) in [5, 5.41) is 17.4. The highest BCUT2D eigenvalue weighted by Crippen LogP contribution is 2.52. The van der Waals surface area contributed by atoms with Crippen molar-refractivity contribution in [3.05, 3.63) is 71.3 Å². The zero-order valence-corrected chi connectivity index (χ0v) is 19.4. The van der Waals surface area contributed by atoms with Crippen molar-refractivity contribution in [3.63, 3.8) is 0 Å². The van der Waals surface area contributed by atoms with Gasteiger partial charge in [-0.25, -0.2) is 5.01 Å². The minimum absolute atomic E-state index is 0.139. The normalized spacial score (nSPS) is 18.4. The molecule has 34 heavy (non-hydrogen) atoms. The molecule has 0 aliphatic carbocycles. The van der Waals surface area contributed by atoms with Gasteiger partial charge in [-0.2, -0.15) is 5.10 Å². The molecule has 8 nitrogen and oxygen atoms in total. The Bertz CT molecular complexity index is 1260. The molecule has 2 atom stereocenters. The smallest absolute Gasteiger partial charge is 0.217 e. The maximum absolute atomic E-state index is 10.6. The Kier molecular flexibility index (Phi) is 5.57. The fraction of sp³-hybridized carbons (Fsp3) is 0.269. The summed E-state index contributed by atoms with van der Waals surface area (Å²) in [5.74, 6) is 3.25. The van der Waals surface area contributed by atoms with E-state index in [1.165, 1.54) is 0 Å². The number of methoxy groups -OCH3 is 4. The quantitative estimate of drug-likeness (QED) is 0.570. The van der Waals surface area contributed by atoms with Gasteiger partial charge in [-0.05, 0) is 36.4 Å². The number of ether oxygens (including phenoxy) is 5. The molecule has 2 aliphatic rings. The molecule has 3 aromatic carbocycles. The van der Waals surface area contributed by atoms with Crippen LogP contribution in [0.4, 0.5) is 0 Å². The Labute approximate surface area is 197 Å². The first-order valence-electron chi connectivity index (χ1n) is 10.9. The SMILES string of the molecule is COc1ccc(O)c(C2=NN3[C@H](C2)c2cccc(OC)c2O[C@H]3c2cccc(OC)c2OC)c1. The van der Waals surface area contributed by atoms with Gasteiger partial charge in [-0.3, -0.25) is 0 Å². The van der Waals surface area contributed by atoms with E-state index in [-0.39, 0.29) is 11.8 Å². The molecule has 0 saturated carbocycles. The molecule has 176 valence electrons. The molecule has 2 aliphatic heterocycles. The number of nitrogens with zero attached hydrogens (tertiary/aromatic N) is 2. The van der Waals surface area contributed by atoms with Crippen molar-refractivity contribution < 1.29 is 28.8 Å². The number of phenolic OH excluding ortho intramolecular Hbond substituents is 1. The van der Waals surface area contributed by atoms with Gasteiger partial charge in [0.05, 0.1) is 45.8 Å². The molecular formula is C26H26N2O6. The topological polar surface area (TPSA) is 82.0 Å². The average Bonchev–Trinajstić information content (AvgIpc) is 3.33. The summed E-state index contributed by atoms with van der Waals surface area (Å²) < 4.78 is 28.7. The highest BCUT2D eigenvalue weighted by Gasteiger charge is 2.43. The third kappa shape index (κ3) is 3.42. The van der Waals surface area contributed by atoms with Crippen LogP contribution in [0.5, 0.6) is 34.5 Å². The first kappa shape index (κ1) is 21.8. The molecule has 0 unspecified atom stereocenters. The van der Waals surface area contributed by atoms with E-state index in [2.05, 4.69) is 0 Å². The molecule has 0 bridgehead atoms. The molecule has 0 amide bonds. The van der Waals surface area contributed by atoms with Crippen LogP contribution in [-0.4, -0.2) is 44.3 Å². The van der Waals surface area contributed by atoms with Gasteiger partial charge in [0.1, 0.15) is 11.5 Å². The van der Waals surface area contributed by atoms with Gasteiger partial charge in [0.2, 0.25) is 6.23 Å². The van der Waals surface area contributed by atoms with E-state index in [1.807, 2.05) is 41.4 Å². The van der Waals surface area contributed by atoms with Gasteiger partial charge in [0.25, 0.3) is 0 Å². The van der Waals surface area contributed by atoms with Gasteiger partial charge in [0.15, 0.2) is 23.0 Å². The maximum atomic E-state index is 10.6. The molecule has 3 aromatic rings. The van der Waals surface area contributed by atoms with E-state index in [4.69, 9.17) is 28.8 Å². The lowest BCUT2D eigenvalue weighted by atomic mass is 9.95. The largest absolute Gasteiger partial charge is 0.507 e. The lowest BCUT2D eigenvalue weighted by molar-refractivity contribution is -0.0223. The number of rotatable bonds is 6. The van der Waals surface area contributed by atoms with E-state index < -0.39 is 6.23 Å². The van der Waals surface area contributed by atoms with Crippen LogP contribution >= 0.6 is 0 Å². The van der Waals surface area contributed by atoms with Crippen LogP contribution in [0, 0.1) is 0 Å². The summed E-state index contributed by atoms with van der Waals surface area (Å²) in [6.07, 6.45) is -0.0448. The van der Waals surface area contributed by atoms with Gasteiger partial charge in [-0.15, -0.1) is 0 Å². The molecule has 5 rings (SSSR count). The Morgan fingerprint density at radius 2 is 1.62 bits per heavy atom. The monoisotopic (exact) mass is 462 g/mol. The number of hydrogen-bond donors (Lipinski definition) is 1. The summed E-state index contributed by atoms with van der Waals surface area (Å²) in [6, 6.07) is 16.5. The maximum Gasteiger partial charge on any atom is 0.217 e. The second-order valence-corrected chi connectivity index (χ2v) is 7.96. The van der Waals surface area contributed by atoms with Crippen LogP contribution in [0.1, 0.15) is 35.4 Å². The number of fused-ring (bicyclic) bond motifs is 3. The number of aromatic hydroxyl groups is 1. The number of hydrazone groups is 1. The Balaban J connectivity index is 1.67. The van der Waals surface area contributed by atoms with Crippen molar-refractivity contribution in [2.45, 2.75) is 18.7 Å².